The largest absolute Gasteiger partial charge is 0.439 e. The number of aromatic nitrogens is 2. The van der Waals surface area contributed by atoms with Crippen LogP contribution in [0.4, 0.5) is 4.79 Å². The number of aromatic amines is 1. The number of benzene rings is 1. The molecule has 0 aliphatic carbocycles. The highest BCUT2D eigenvalue weighted by atomic mass is 16.6. The van der Waals surface area contributed by atoms with Crippen LogP contribution in [0.1, 0.15) is 22.6 Å². The van der Waals surface area contributed by atoms with Gasteiger partial charge in [-0.05, 0) is 18.2 Å². The fourth-order valence-corrected chi connectivity index (χ4v) is 3.48. The Morgan fingerprint density at radius 1 is 1.46 bits per heavy atom. The van der Waals surface area contributed by atoms with Crippen molar-refractivity contribution in [3.63, 3.8) is 0 Å². The molecule has 2 saturated heterocycles. The van der Waals surface area contributed by atoms with Crippen LogP contribution in [0, 0.1) is 0 Å². The molecule has 8 heteroatoms. The van der Waals surface area contributed by atoms with Crippen molar-refractivity contribution in [3.05, 3.63) is 29.6 Å². The third-order valence-corrected chi connectivity index (χ3v) is 4.67. The lowest BCUT2D eigenvalue weighted by atomic mass is 10.0. The Hall–Kier alpha value is -2.61. The van der Waals surface area contributed by atoms with E-state index < -0.39 is 5.60 Å². The minimum absolute atomic E-state index is 0.0977. The van der Waals surface area contributed by atoms with Crippen molar-refractivity contribution in [2.75, 3.05) is 26.7 Å². The summed E-state index contributed by atoms with van der Waals surface area (Å²) in [6, 6.07) is 5.22. The first-order valence-corrected chi connectivity index (χ1v) is 7.83. The molecule has 8 nitrogen and oxygen atoms in total. The molecule has 126 valence electrons. The van der Waals surface area contributed by atoms with E-state index in [2.05, 4.69) is 9.97 Å². The number of likely N-dealkylation sites (N-methyl/N-ethyl adjacent to an activating group) is 1. The minimum atomic E-state index is -0.580. The molecular weight excluding hydrogens is 312 g/mol. The summed E-state index contributed by atoms with van der Waals surface area (Å²) in [4.78, 5) is 34.8. The van der Waals surface area contributed by atoms with Crippen LogP contribution in [0.15, 0.2) is 18.2 Å². The van der Waals surface area contributed by atoms with Gasteiger partial charge in [0.25, 0.3) is 5.91 Å². The maximum absolute atomic E-state index is 12.8. The molecular formula is C16H18N4O4. The van der Waals surface area contributed by atoms with Crippen LogP contribution < -0.4 is 0 Å². The van der Waals surface area contributed by atoms with Gasteiger partial charge in [-0.3, -0.25) is 4.79 Å². The highest BCUT2D eigenvalue weighted by molar-refractivity contribution is 5.97. The molecule has 0 unspecified atom stereocenters. The molecule has 2 aromatic rings. The predicted molar refractivity (Wildman–Crippen MR) is 84.4 cm³/mol. The summed E-state index contributed by atoms with van der Waals surface area (Å²) < 4.78 is 5.48. The van der Waals surface area contributed by atoms with Gasteiger partial charge in [-0.2, -0.15) is 0 Å². The van der Waals surface area contributed by atoms with Gasteiger partial charge in [0.2, 0.25) is 0 Å². The normalized spacial score (nSPS) is 23.5. The molecule has 1 aromatic carbocycles. The minimum Gasteiger partial charge on any atom is -0.439 e. The zero-order valence-electron chi connectivity index (χ0n) is 13.3. The second-order valence-corrected chi connectivity index (χ2v) is 6.46. The molecule has 1 spiro atoms. The Morgan fingerprint density at radius 3 is 3.00 bits per heavy atom. The quantitative estimate of drug-likeness (QED) is 0.845. The number of rotatable bonds is 2. The fourth-order valence-electron chi connectivity index (χ4n) is 3.48. The number of nitrogens with one attached hydrogen (secondary N) is 1. The fraction of sp³-hybridized carbons (Fsp3) is 0.438. The predicted octanol–water partition coefficient (Wildman–Crippen LogP) is 0.722. The molecule has 1 atom stereocenters. The molecule has 4 rings (SSSR count). The molecule has 0 radical (unpaired) electrons. The topological polar surface area (TPSA) is 98.8 Å². The number of aliphatic hydroxyl groups excluding tert-OH is 1. The Bertz CT molecular complexity index is 833. The monoisotopic (exact) mass is 330 g/mol. The third-order valence-electron chi connectivity index (χ3n) is 4.67. The summed E-state index contributed by atoms with van der Waals surface area (Å²) in [5, 5.41) is 9.14. The van der Waals surface area contributed by atoms with Crippen LogP contribution in [0.5, 0.6) is 0 Å². The van der Waals surface area contributed by atoms with Gasteiger partial charge in [0.1, 0.15) is 12.4 Å². The molecule has 0 saturated carbocycles. The number of hydrogen-bond donors (Lipinski definition) is 2. The molecule has 3 heterocycles. The molecule has 2 aliphatic heterocycles. The van der Waals surface area contributed by atoms with Crippen molar-refractivity contribution < 1.29 is 19.4 Å². The molecule has 2 fully saturated rings. The average molecular weight is 330 g/mol. The molecule has 1 aromatic heterocycles. The van der Waals surface area contributed by atoms with Crippen LogP contribution >= 0.6 is 0 Å². The first-order chi connectivity index (χ1) is 11.5. The van der Waals surface area contributed by atoms with Crippen molar-refractivity contribution >= 4 is 23.0 Å². The average Bonchev–Trinajstić information content (AvgIpc) is 3.24. The molecule has 0 bridgehead atoms. The number of nitrogens with zero attached hydrogens (tertiary/aromatic N) is 3. The summed E-state index contributed by atoms with van der Waals surface area (Å²) in [6.45, 7) is 1.30. The van der Waals surface area contributed by atoms with E-state index in [1.807, 2.05) is 0 Å². The molecule has 2 N–H and O–H groups in total. The number of hydrogen-bond acceptors (Lipinski definition) is 5. The Morgan fingerprint density at radius 2 is 2.29 bits per heavy atom. The summed E-state index contributed by atoms with van der Waals surface area (Å²) in [5.41, 5.74) is 1.39. The van der Waals surface area contributed by atoms with Gasteiger partial charge >= 0.3 is 6.09 Å². The summed E-state index contributed by atoms with van der Waals surface area (Å²) >= 11 is 0. The van der Waals surface area contributed by atoms with E-state index >= 15 is 0 Å². The summed E-state index contributed by atoms with van der Waals surface area (Å²) in [7, 11) is 1.70. The first kappa shape index (κ1) is 14.9. The summed E-state index contributed by atoms with van der Waals surface area (Å²) in [5.74, 6) is 0.371. The SMILES string of the molecule is CN1C[C@]2(CCN(C(=O)c3ccc4nc(CO)[nH]c4c3)C2)OC1=O. The third kappa shape index (κ3) is 2.30. The van der Waals surface area contributed by atoms with E-state index in [1.165, 1.54) is 0 Å². The lowest BCUT2D eigenvalue weighted by molar-refractivity contribution is 0.0553. The van der Waals surface area contributed by atoms with Crippen molar-refractivity contribution in [2.24, 2.45) is 0 Å². The van der Waals surface area contributed by atoms with Crippen molar-refractivity contribution in [1.82, 2.24) is 19.8 Å². The Labute approximate surface area is 138 Å². The van der Waals surface area contributed by atoms with Crippen LogP contribution in [-0.4, -0.2) is 69.2 Å². The number of likely N-dealkylation sites (tertiary alicyclic amines) is 1. The zero-order valence-corrected chi connectivity index (χ0v) is 13.3. The van der Waals surface area contributed by atoms with E-state index in [0.29, 0.717) is 48.5 Å². The van der Waals surface area contributed by atoms with E-state index in [9.17, 15) is 9.59 Å². The highest BCUT2D eigenvalue weighted by Crippen LogP contribution is 2.32. The van der Waals surface area contributed by atoms with Crippen molar-refractivity contribution in [3.8, 4) is 0 Å². The number of H-pyrrole nitrogens is 1. The van der Waals surface area contributed by atoms with Gasteiger partial charge < -0.3 is 24.6 Å². The maximum atomic E-state index is 12.8. The number of aliphatic hydroxyl groups is 1. The van der Waals surface area contributed by atoms with E-state index in [4.69, 9.17) is 9.84 Å². The number of fused-ring (bicyclic) bond motifs is 1. The van der Waals surface area contributed by atoms with E-state index in [-0.39, 0.29) is 18.6 Å². The van der Waals surface area contributed by atoms with Gasteiger partial charge in [0, 0.05) is 25.6 Å². The lowest BCUT2D eigenvalue weighted by Crippen LogP contribution is -2.39. The van der Waals surface area contributed by atoms with Crippen molar-refractivity contribution in [2.45, 2.75) is 18.6 Å². The van der Waals surface area contributed by atoms with Crippen LogP contribution in [0.2, 0.25) is 0 Å². The second kappa shape index (κ2) is 5.20. The van der Waals surface area contributed by atoms with Gasteiger partial charge in [-0.25, -0.2) is 9.78 Å². The maximum Gasteiger partial charge on any atom is 0.410 e. The Balaban J connectivity index is 1.55. The van der Waals surface area contributed by atoms with E-state index in [0.717, 1.165) is 0 Å². The number of carbonyl (C=O) groups is 2. The second-order valence-electron chi connectivity index (χ2n) is 6.46. The van der Waals surface area contributed by atoms with Gasteiger partial charge in [-0.15, -0.1) is 0 Å². The molecule has 2 amide bonds. The summed E-state index contributed by atoms with van der Waals surface area (Å²) in [6.07, 6.45) is 0.315. The number of ether oxygens (including phenoxy) is 1. The van der Waals surface area contributed by atoms with Gasteiger partial charge in [0.15, 0.2) is 5.60 Å². The number of imidazole rings is 1. The van der Waals surface area contributed by atoms with Crippen LogP contribution in [-0.2, 0) is 11.3 Å². The van der Waals surface area contributed by atoms with Crippen molar-refractivity contribution in [1.29, 1.82) is 0 Å². The Kier molecular flexibility index (Phi) is 3.24. The molecule has 24 heavy (non-hydrogen) atoms. The molecule has 2 aliphatic rings. The lowest BCUT2D eigenvalue weighted by Gasteiger charge is -2.21. The van der Waals surface area contributed by atoms with Gasteiger partial charge in [0.05, 0.1) is 24.1 Å². The smallest absolute Gasteiger partial charge is 0.410 e. The van der Waals surface area contributed by atoms with E-state index in [1.54, 1.807) is 35.0 Å². The van der Waals surface area contributed by atoms with Gasteiger partial charge in [-0.1, -0.05) is 0 Å². The standard InChI is InChI=1S/C16H18N4O4/c1-19-8-16(24-15(19)23)4-5-20(9-16)14(22)10-2-3-11-12(6-10)18-13(7-21)17-11/h2-3,6,21H,4-5,7-9H2,1H3,(H,17,18)/t16-/m0/s1. The van der Waals surface area contributed by atoms with Crippen LogP contribution in [0.3, 0.4) is 0 Å². The van der Waals surface area contributed by atoms with Crippen LogP contribution in [0.25, 0.3) is 11.0 Å². The first-order valence-electron chi connectivity index (χ1n) is 7.83. The zero-order chi connectivity index (χ0) is 16.9. The number of amides is 2. The highest BCUT2D eigenvalue weighted by Gasteiger charge is 2.49. The number of carbonyl (C=O) groups excluding carboxylic acids is 2.